The van der Waals surface area contributed by atoms with E-state index in [1.54, 1.807) is 25.1 Å². The van der Waals surface area contributed by atoms with E-state index in [9.17, 15) is 18.4 Å². The molecule has 1 heterocycles. The fourth-order valence-corrected chi connectivity index (χ4v) is 4.32. The zero-order chi connectivity index (χ0) is 22.1. The maximum absolute atomic E-state index is 14.6. The van der Waals surface area contributed by atoms with Gasteiger partial charge < -0.3 is 10.7 Å². The van der Waals surface area contributed by atoms with Crippen LogP contribution in [0.3, 0.4) is 0 Å². The lowest BCUT2D eigenvalue weighted by molar-refractivity contribution is 0.0900. The van der Waals surface area contributed by atoms with Crippen LogP contribution in [0.4, 0.5) is 8.78 Å². The molecule has 162 valence electrons. The van der Waals surface area contributed by atoms with Crippen LogP contribution in [0.5, 0.6) is 0 Å². The number of carbonyl (C=O) groups excluding carboxylic acids is 1. The highest BCUT2D eigenvalue weighted by Crippen LogP contribution is 2.38. The summed E-state index contributed by atoms with van der Waals surface area (Å²) in [6.07, 6.45) is 2.93. The van der Waals surface area contributed by atoms with E-state index in [0.717, 1.165) is 19.3 Å². The summed E-state index contributed by atoms with van der Waals surface area (Å²) in [5.41, 5.74) is 3.70. The van der Waals surface area contributed by atoms with Gasteiger partial charge in [-0.15, -0.1) is 0 Å². The van der Waals surface area contributed by atoms with E-state index in [2.05, 4.69) is 10.7 Å². The molecule has 1 aliphatic carbocycles. The van der Waals surface area contributed by atoms with E-state index in [-0.39, 0.29) is 34.1 Å². The minimum atomic E-state index is -0.677. The molecule has 1 aromatic heterocycles. The highest BCUT2D eigenvalue weighted by molar-refractivity contribution is 6.08. The lowest BCUT2D eigenvalue weighted by Gasteiger charge is -2.35. The Morgan fingerprint density at radius 2 is 1.94 bits per heavy atom. The lowest BCUT2D eigenvalue weighted by Crippen LogP contribution is -2.39. The molecule has 0 aliphatic heterocycles. The van der Waals surface area contributed by atoms with Crippen molar-refractivity contribution in [3.63, 3.8) is 0 Å². The zero-order valence-corrected chi connectivity index (χ0v) is 17.5. The number of fused-ring (bicyclic) bond motifs is 1. The third-order valence-corrected chi connectivity index (χ3v) is 6.06. The summed E-state index contributed by atoms with van der Waals surface area (Å²) in [4.78, 5) is 26.4. The minimum Gasteiger partial charge on any atom is -0.345 e. The van der Waals surface area contributed by atoms with Crippen molar-refractivity contribution in [2.45, 2.75) is 39.2 Å². The number of amides is 1. The lowest BCUT2D eigenvalue weighted by atomic mass is 9.77. The van der Waals surface area contributed by atoms with Crippen LogP contribution < -0.4 is 16.3 Å². The molecule has 3 aromatic rings. The van der Waals surface area contributed by atoms with Crippen LogP contribution in [0.2, 0.25) is 0 Å². The number of pyridine rings is 1. The highest BCUT2D eigenvalue weighted by Gasteiger charge is 2.31. The van der Waals surface area contributed by atoms with Gasteiger partial charge in [-0.05, 0) is 56.4 Å². The Morgan fingerprint density at radius 3 is 2.58 bits per heavy atom. The first-order valence-electron chi connectivity index (χ1n) is 10.6. The summed E-state index contributed by atoms with van der Waals surface area (Å²) in [6, 6.07) is 10.2. The molecule has 1 saturated carbocycles. The van der Waals surface area contributed by atoms with Gasteiger partial charge in [0.2, 0.25) is 0 Å². The molecule has 2 aromatic carbocycles. The second kappa shape index (κ2) is 8.49. The number of nitrogens with zero attached hydrogens (tertiary/aromatic N) is 1. The van der Waals surface area contributed by atoms with Crippen LogP contribution in [-0.2, 0) is 0 Å². The van der Waals surface area contributed by atoms with Crippen molar-refractivity contribution in [1.29, 1.82) is 0 Å². The molecule has 1 aliphatic rings. The molecule has 0 spiro atoms. The van der Waals surface area contributed by atoms with Crippen LogP contribution in [0.1, 0.15) is 53.8 Å². The number of hydrogen-bond donors (Lipinski definition) is 2. The fraction of sp³-hybridized carbons (Fsp3) is 0.333. The topological polar surface area (TPSA) is 63.1 Å². The minimum absolute atomic E-state index is 0.134. The van der Waals surface area contributed by atoms with Gasteiger partial charge in [-0.1, -0.05) is 30.7 Å². The van der Waals surface area contributed by atoms with Gasteiger partial charge in [-0.25, -0.2) is 13.5 Å². The Morgan fingerprint density at radius 1 is 1.19 bits per heavy atom. The molecule has 5 nitrogen and oxygen atoms in total. The van der Waals surface area contributed by atoms with Gasteiger partial charge in [0.1, 0.15) is 11.6 Å². The van der Waals surface area contributed by atoms with E-state index in [1.165, 1.54) is 28.9 Å². The Hall–Kier alpha value is -3.22. The number of halogens is 2. The van der Waals surface area contributed by atoms with Crippen LogP contribution in [0.25, 0.3) is 10.8 Å². The molecule has 0 bridgehead atoms. The second-order valence-electron chi connectivity index (χ2n) is 7.97. The molecule has 7 heteroatoms. The third kappa shape index (κ3) is 3.80. The molecule has 1 amide bonds. The Kier molecular flexibility index (Phi) is 5.76. The van der Waals surface area contributed by atoms with Crippen LogP contribution in [0, 0.1) is 24.5 Å². The molecule has 0 unspecified atom stereocenters. The smallest absolute Gasteiger partial charge is 0.279 e. The molecular weight excluding hydrogens is 399 g/mol. The SMILES string of the molecule is C[11CH2]Nn1c(C)c(C(=O)N[C@H](c2cccc(F)c2)C2CCC2)c2cccc(F)c2c1=O. The van der Waals surface area contributed by atoms with Gasteiger partial charge in [-0.2, -0.15) is 0 Å². The standard InChI is InChI=1S/C24H25F2N3O2/c1-3-27-29-14(2)20(18-11-6-12-19(26)21(18)24(29)31)23(30)28-22(15-7-4-8-15)16-9-5-10-17(25)13-16/h5-6,9-13,15,22,27H,3-4,7-8H2,1-2H3,(H,28,30)/t22-/m0/s1/i3-1. The van der Waals surface area contributed by atoms with Crippen molar-refractivity contribution in [3.8, 4) is 0 Å². The molecule has 1 atom stereocenters. The van der Waals surface area contributed by atoms with Crippen LogP contribution in [0.15, 0.2) is 47.3 Å². The fourth-order valence-electron chi connectivity index (χ4n) is 4.32. The van der Waals surface area contributed by atoms with Crippen LogP contribution >= 0.6 is 0 Å². The molecule has 2 N–H and O–H groups in total. The average Bonchev–Trinajstić information content (AvgIpc) is 2.69. The molecule has 1 fully saturated rings. The highest BCUT2D eigenvalue weighted by atomic mass is 19.1. The van der Waals surface area contributed by atoms with Gasteiger partial charge in [0.25, 0.3) is 11.5 Å². The number of hydrogen-bond acceptors (Lipinski definition) is 3. The van der Waals surface area contributed by atoms with E-state index in [1.807, 2.05) is 6.92 Å². The summed E-state index contributed by atoms with van der Waals surface area (Å²) in [5.74, 6) is -1.25. The van der Waals surface area contributed by atoms with E-state index < -0.39 is 17.3 Å². The van der Waals surface area contributed by atoms with Gasteiger partial charge in [0.15, 0.2) is 0 Å². The monoisotopic (exact) mass is 424 g/mol. The molecule has 4 rings (SSSR count). The Balaban J connectivity index is 1.83. The van der Waals surface area contributed by atoms with Crippen molar-refractivity contribution < 1.29 is 13.6 Å². The molecule has 31 heavy (non-hydrogen) atoms. The van der Waals surface area contributed by atoms with Crippen LogP contribution in [-0.4, -0.2) is 17.1 Å². The van der Waals surface area contributed by atoms with Crippen molar-refractivity contribution in [3.05, 3.63) is 81.3 Å². The predicted octanol–water partition coefficient (Wildman–Crippen LogP) is 4.42. The zero-order valence-electron chi connectivity index (χ0n) is 17.5. The van der Waals surface area contributed by atoms with Crippen molar-refractivity contribution >= 4 is 16.7 Å². The summed E-state index contributed by atoms with van der Waals surface area (Å²) in [5, 5.41) is 3.18. The van der Waals surface area contributed by atoms with E-state index in [0.29, 0.717) is 17.8 Å². The average molecular weight is 424 g/mol. The first-order chi connectivity index (χ1) is 14.9. The number of nitrogens with one attached hydrogen (secondary N) is 2. The van der Waals surface area contributed by atoms with E-state index in [4.69, 9.17) is 0 Å². The summed E-state index contributed by atoms with van der Waals surface area (Å²) in [6.45, 7) is 3.90. The molecule has 0 saturated heterocycles. The Labute approximate surface area is 179 Å². The number of carbonyl (C=O) groups is 1. The third-order valence-electron chi connectivity index (χ3n) is 6.06. The van der Waals surface area contributed by atoms with Gasteiger partial charge >= 0.3 is 0 Å². The van der Waals surface area contributed by atoms with Crippen molar-refractivity contribution in [2.75, 3.05) is 12.0 Å². The van der Waals surface area contributed by atoms with Gasteiger partial charge in [-0.3, -0.25) is 9.59 Å². The first kappa shape index (κ1) is 21.0. The maximum Gasteiger partial charge on any atom is 0.279 e. The van der Waals surface area contributed by atoms with Gasteiger partial charge in [0, 0.05) is 11.9 Å². The Bertz CT molecular complexity index is 1200. The number of benzene rings is 2. The molecular formula is C24H25F2N3O2. The van der Waals surface area contributed by atoms with Crippen molar-refractivity contribution in [2.24, 2.45) is 5.92 Å². The largest absolute Gasteiger partial charge is 0.345 e. The summed E-state index contributed by atoms with van der Waals surface area (Å²) < 4.78 is 29.7. The maximum atomic E-state index is 14.6. The normalized spacial score (nSPS) is 14.8. The van der Waals surface area contributed by atoms with E-state index >= 15 is 0 Å². The number of rotatable bonds is 6. The number of aromatic nitrogens is 1. The van der Waals surface area contributed by atoms with Crippen molar-refractivity contribution in [1.82, 2.24) is 9.99 Å². The molecule has 0 radical (unpaired) electrons. The predicted molar refractivity (Wildman–Crippen MR) is 117 cm³/mol. The summed E-state index contributed by atoms with van der Waals surface area (Å²) in [7, 11) is 0. The quantitative estimate of drug-likeness (QED) is 0.616. The second-order valence-corrected chi connectivity index (χ2v) is 7.97. The van der Waals surface area contributed by atoms with Gasteiger partial charge in [0.05, 0.1) is 22.7 Å². The summed E-state index contributed by atoms with van der Waals surface area (Å²) >= 11 is 0. The first-order valence-corrected chi connectivity index (χ1v) is 10.6.